The first-order chi connectivity index (χ1) is 9.54. The number of ether oxygens (including phenoxy) is 1. The molecule has 6 nitrogen and oxygen atoms in total. The predicted molar refractivity (Wildman–Crippen MR) is 74.7 cm³/mol. The maximum Gasteiger partial charge on any atom is 0.317 e. The molecule has 20 heavy (non-hydrogen) atoms. The number of benzene rings is 1. The average Bonchev–Trinajstić information content (AvgIpc) is 2.43. The third-order valence-electron chi connectivity index (χ3n) is 2.79. The minimum atomic E-state index is -0.860. The van der Waals surface area contributed by atoms with Crippen LogP contribution < -0.4 is 10.1 Å². The van der Waals surface area contributed by atoms with Gasteiger partial charge in [-0.2, -0.15) is 0 Å². The topological polar surface area (TPSA) is 78.9 Å². The van der Waals surface area contributed by atoms with Gasteiger partial charge in [0.1, 0.15) is 5.75 Å². The van der Waals surface area contributed by atoms with Crippen LogP contribution in [0, 0.1) is 0 Å². The summed E-state index contributed by atoms with van der Waals surface area (Å²) in [6.45, 7) is 0.774. The van der Waals surface area contributed by atoms with E-state index in [1.165, 1.54) is 4.90 Å². The Kier molecular flexibility index (Phi) is 6.36. The van der Waals surface area contributed by atoms with E-state index in [1.54, 1.807) is 14.2 Å². The molecule has 2 N–H and O–H groups in total. The highest BCUT2D eigenvalue weighted by molar-refractivity contribution is 5.74. The zero-order valence-electron chi connectivity index (χ0n) is 11.8. The number of nitrogens with one attached hydrogen (secondary N) is 1. The molecule has 6 heteroatoms. The van der Waals surface area contributed by atoms with Gasteiger partial charge in [-0.1, -0.05) is 18.2 Å². The van der Waals surface area contributed by atoms with Crippen molar-refractivity contribution in [2.45, 2.75) is 19.4 Å². The highest BCUT2D eigenvalue weighted by atomic mass is 16.5. The molecule has 0 fully saturated rings. The Morgan fingerprint density at radius 1 is 1.35 bits per heavy atom. The van der Waals surface area contributed by atoms with Crippen molar-refractivity contribution < 1.29 is 19.4 Å². The van der Waals surface area contributed by atoms with Crippen LogP contribution in [0.3, 0.4) is 0 Å². The summed E-state index contributed by atoms with van der Waals surface area (Å²) in [7, 11) is 3.27. The van der Waals surface area contributed by atoms with Crippen molar-refractivity contribution in [2.75, 3.05) is 20.7 Å². The number of carbonyl (C=O) groups excluding carboxylic acids is 1. The molecule has 2 amide bonds. The van der Waals surface area contributed by atoms with Gasteiger partial charge in [0.05, 0.1) is 13.7 Å². The number of nitrogens with zero attached hydrogens (tertiary/aromatic N) is 1. The number of methoxy groups -OCH3 is 1. The summed E-state index contributed by atoms with van der Waals surface area (Å²) in [5.74, 6) is -0.125. The van der Waals surface area contributed by atoms with E-state index in [4.69, 9.17) is 9.84 Å². The van der Waals surface area contributed by atoms with E-state index in [9.17, 15) is 9.59 Å². The molecule has 0 heterocycles. The molecule has 0 bridgehead atoms. The molecule has 1 aromatic carbocycles. The Labute approximate surface area is 118 Å². The smallest absolute Gasteiger partial charge is 0.317 e. The van der Waals surface area contributed by atoms with Gasteiger partial charge in [-0.3, -0.25) is 4.79 Å². The quantitative estimate of drug-likeness (QED) is 0.745. The number of aliphatic carboxylic acids is 1. The highest BCUT2D eigenvalue weighted by Gasteiger charge is 2.11. The molecular weight excluding hydrogens is 260 g/mol. The Hall–Kier alpha value is -2.24. The fraction of sp³-hybridized carbons (Fsp3) is 0.429. The van der Waals surface area contributed by atoms with Crippen molar-refractivity contribution in [2.24, 2.45) is 0 Å². The Morgan fingerprint density at radius 2 is 2.05 bits per heavy atom. The molecule has 0 saturated carbocycles. The maximum atomic E-state index is 11.8. The summed E-state index contributed by atoms with van der Waals surface area (Å²) in [6.07, 6.45) is 0.472. The zero-order chi connectivity index (χ0) is 15.0. The second-order valence-corrected chi connectivity index (χ2v) is 4.40. The first-order valence-electron chi connectivity index (χ1n) is 6.37. The third kappa shape index (κ3) is 5.17. The highest BCUT2D eigenvalue weighted by Crippen LogP contribution is 2.18. The molecule has 0 aliphatic heterocycles. The van der Waals surface area contributed by atoms with Gasteiger partial charge < -0.3 is 20.1 Å². The lowest BCUT2D eigenvalue weighted by Gasteiger charge is -2.19. The number of rotatable bonds is 7. The summed E-state index contributed by atoms with van der Waals surface area (Å²) >= 11 is 0. The predicted octanol–water partition coefficient (Wildman–Crippen LogP) is 1.70. The van der Waals surface area contributed by atoms with Crippen LogP contribution in [0.15, 0.2) is 24.3 Å². The van der Waals surface area contributed by atoms with E-state index in [0.29, 0.717) is 19.5 Å². The number of hydrogen-bond donors (Lipinski definition) is 2. The van der Waals surface area contributed by atoms with Crippen LogP contribution in [0.2, 0.25) is 0 Å². The van der Waals surface area contributed by atoms with Gasteiger partial charge >= 0.3 is 12.0 Å². The van der Waals surface area contributed by atoms with E-state index in [-0.39, 0.29) is 12.5 Å². The van der Waals surface area contributed by atoms with Gasteiger partial charge in [-0.15, -0.1) is 0 Å². The Bertz CT molecular complexity index is 462. The first kappa shape index (κ1) is 15.8. The number of carboxylic acids is 1. The van der Waals surface area contributed by atoms with Gasteiger partial charge in [0.15, 0.2) is 0 Å². The van der Waals surface area contributed by atoms with Crippen molar-refractivity contribution >= 4 is 12.0 Å². The molecule has 0 spiro atoms. The van der Waals surface area contributed by atoms with Gasteiger partial charge in [0.25, 0.3) is 0 Å². The minimum Gasteiger partial charge on any atom is -0.496 e. The van der Waals surface area contributed by atoms with Gasteiger partial charge in [0.2, 0.25) is 0 Å². The van der Waals surface area contributed by atoms with E-state index in [2.05, 4.69) is 5.32 Å². The summed E-state index contributed by atoms with van der Waals surface area (Å²) in [5.41, 5.74) is 0.915. The van der Waals surface area contributed by atoms with Gasteiger partial charge in [0, 0.05) is 25.6 Å². The van der Waals surface area contributed by atoms with Crippen LogP contribution in [-0.4, -0.2) is 42.7 Å². The summed E-state index contributed by atoms with van der Waals surface area (Å²) in [5, 5.41) is 11.2. The fourth-order valence-corrected chi connectivity index (χ4v) is 1.73. The van der Waals surface area contributed by atoms with Crippen molar-refractivity contribution in [3.05, 3.63) is 29.8 Å². The van der Waals surface area contributed by atoms with Crippen molar-refractivity contribution in [3.63, 3.8) is 0 Å². The number of amides is 2. The number of carbonyl (C=O) groups is 2. The number of para-hydroxylation sites is 1. The number of hydrogen-bond acceptors (Lipinski definition) is 3. The summed E-state index contributed by atoms with van der Waals surface area (Å²) in [4.78, 5) is 23.7. The molecular formula is C14H20N2O4. The largest absolute Gasteiger partial charge is 0.496 e. The van der Waals surface area contributed by atoms with E-state index < -0.39 is 5.97 Å². The zero-order valence-corrected chi connectivity index (χ0v) is 11.8. The Balaban J connectivity index is 2.43. The van der Waals surface area contributed by atoms with Gasteiger partial charge in [-0.25, -0.2) is 4.79 Å². The molecule has 0 aliphatic carbocycles. The standard InChI is InChI=1S/C14H20N2O4/c1-16(14(19)15-9-5-8-13(17)18)10-11-6-3-4-7-12(11)20-2/h3-4,6-7H,5,8-10H2,1-2H3,(H,15,19)(H,17,18). The number of carboxylic acid groups (broad SMARTS) is 1. The molecule has 0 aromatic heterocycles. The number of urea groups is 1. The van der Waals surface area contributed by atoms with Crippen LogP contribution in [0.25, 0.3) is 0 Å². The Morgan fingerprint density at radius 3 is 2.70 bits per heavy atom. The van der Waals surface area contributed by atoms with Crippen LogP contribution in [0.1, 0.15) is 18.4 Å². The SMILES string of the molecule is COc1ccccc1CN(C)C(=O)NCCCC(=O)O. The van der Waals surface area contributed by atoms with Crippen LogP contribution in [-0.2, 0) is 11.3 Å². The molecule has 1 rings (SSSR count). The molecule has 1 aromatic rings. The first-order valence-corrected chi connectivity index (χ1v) is 6.37. The fourth-order valence-electron chi connectivity index (χ4n) is 1.73. The molecule has 0 unspecified atom stereocenters. The van der Waals surface area contributed by atoms with Gasteiger partial charge in [-0.05, 0) is 12.5 Å². The monoisotopic (exact) mass is 280 g/mol. The minimum absolute atomic E-state index is 0.0521. The molecule has 0 saturated heterocycles. The second-order valence-electron chi connectivity index (χ2n) is 4.40. The van der Waals surface area contributed by atoms with Crippen LogP contribution in [0.5, 0.6) is 5.75 Å². The normalized spacial score (nSPS) is 9.90. The van der Waals surface area contributed by atoms with Crippen LogP contribution >= 0.6 is 0 Å². The molecule has 0 atom stereocenters. The van der Waals surface area contributed by atoms with E-state index in [1.807, 2.05) is 24.3 Å². The lowest BCUT2D eigenvalue weighted by atomic mass is 10.2. The second kappa shape index (κ2) is 8.04. The average molecular weight is 280 g/mol. The van der Waals surface area contributed by atoms with Crippen LogP contribution in [0.4, 0.5) is 4.79 Å². The van der Waals surface area contributed by atoms with E-state index in [0.717, 1.165) is 11.3 Å². The molecule has 0 radical (unpaired) electrons. The third-order valence-corrected chi connectivity index (χ3v) is 2.79. The van der Waals surface area contributed by atoms with Crippen molar-refractivity contribution in [3.8, 4) is 5.75 Å². The molecule has 0 aliphatic rings. The molecule has 110 valence electrons. The lowest BCUT2D eigenvalue weighted by Crippen LogP contribution is -2.37. The van der Waals surface area contributed by atoms with Crippen molar-refractivity contribution in [1.82, 2.24) is 10.2 Å². The maximum absolute atomic E-state index is 11.8. The summed E-state index contributed by atoms with van der Waals surface area (Å²) < 4.78 is 5.23. The van der Waals surface area contributed by atoms with E-state index >= 15 is 0 Å². The van der Waals surface area contributed by atoms with Crippen molar-refractivity contribution in [1.29, 1.82) is 0 Å². The lowest BCUT2D eigenvalue weighted by molar-refractivity contribution is -0.137. The summed E-state index contributed by atoms with van der Waals surface area (Å²) in [6, 6.07) is 7.26.